The van der Waals surface area contributed by atoms with E-state index in [2.05, 4.69) is 21.2 Å². The molecule has 8 heteroatoms. The molecule has 0 saturated carbocycles. The van der Waals surface area contributed by atoms with Gasteiger partial charge in [-0.25, -0.2) is 4.98 Å². The van der Waals surface area contributed by atoms with Gasteiger partial charge >= 0.3 is 0 Å². The summed E-state index contributed by atoms with van der Waals surface area (Å²) < 4.78 is 11.8. The molecule has 0 fully saturated rings. The van der Waals surface area contributed by atoms with E-state index < -0.39 is 0 Å². The van der Waals surface area contributed by atoms with Crippen molar-refractivity contribution in [3.63, 3.8) is 0 Å². The lowest BCUT2D eigenvalue weighted by molar-refractivity contribution is 0.103. The second kappa shape index (κ2) is 7.30. The van der Waals surface area contributed by atoms with Gasteiger partial charge in [-0.15, -0.1) is 11.3 Å². The molecular weight excluding hydrogens is 466 g/mol. The normalized spacial score (nSPS) is 12.3. The van der Waals surface area contributed by atoms with Crippen LogP contribution in [0.5, 0.6) is 11.5 Å². The van der Waals surface area contributed by atoms with Gasteiger partial charge in [-0.3, -0.25) is 4.79 Å². The van der Waals surface area contributed by atoms with Crippen molar-refractivity contribution in [1.29, 1.82) is 0 Å². The lowest BCUT2D eigenvalue weighted by Crippen LogP contribution is -2.12. The number of nitrogens with one attached hydrogen (secondary N) is 1. The number of nitrogens with two attached hydrogens (primary N) is 1. The first kappa shape index (κ1) is 18.9. The number of pyridine rings is 1. The number of anilines is 2. The summed E-state index contributed by atoms with van der Waals surface area (Å²) in [5, 5.41) is 3.68. The molecule has 3 N–H and O–H groups in total. The molecule has 0 spiro atoms. The van der Waals surface area contributed by atoms with E-state index in [1.165, 1.54) is 11.3 Å². The van der Waals surface area contributed by atoms with Crippen LogP contribution in [0.2, 0.25) is 0 Å². The Bertz CT molecular complexity index is 1320. The maximum Gasteiger partial charge on any atom is 0.267 e. The molecule has 6 nitrogen and oxygen atoms in total. The number of aryl methyl sites for hydroxylation is 1. The molecule has 3 heterocycles. The van der Waals surface area contributed by atoms with Crippen LogP contribution in [0, 0.1) is 6.92 Å². The van der Waals surface area contributed by atoms with Gasteiger partial charge in [-0.05, 0) is 61.0 Å². The molecule has 4 aromatic rings. The van der Waals surface area contributed by atoms with Crippen molar-refractivity contribution in [3.8, 4) is 22.8 Å². The third-order valence-electron chi connectivity index (χ3n) is 4.88. The monoisotopic (exact) mass is 481 g/mol. The van der Waals surface area contributed by atoms with E-state index in [1.54, 1.807) is 0 Å². The van der Waals surface area contributed by atoms with Crippen molar-refractivity contribution in [2.45, 2.75) is 6.92 Å². The molecule has 1 amide bonds. The molecule has 1 aliphatic heterocycles. The first-order valence-corrected chi connectivity index (χ1v) is 10.8. The van der Waals surface area contributed by atoms with Crippen LogP contribution in [0.1, 0.15) is 15.2 Å². The molecule has 0 bridgehead atoms. The molecule has 30 heavy (non-hydrogen) atoms. The number of carbonyl (C=O) groups is 1. The number of nitrogen functional groups attached to an aromatic ring is 1. The fourth-order valence-corrected chi connectivity index (χ4v) is 4.53. The number of halogens is 1. The molecule has 0 radical (unpaired) electrons. The van der Waals surface area contributed by atoms with Crippen molar-refractivity contribution < 1.29 is 14.3 Å². The highest BCUT2D eigenvalue weighted by Gasteiger charge is 2.19. The van der Waals surface area contributed by atoms with Gasteiger partial charge in [0, 0.05) is 21.1 Å². The summed E-state index contributed by atoms with van der Waals surface area (Å²) in [5.41, 5.74) is 10.1. The highest BCUT2D eigenvalue weighted by atomic mass is 79.9. The summed E-state index contributed by atoms with van der Waals surface area (Å²) in [6.45, 7) is 2.19. The number of amides is 1. The summed E-state index contributed by atoms with van der Waals surface area (Å²) >= 11 is 4.74. The SMILES string of the molecule is Cc1cc(NC(=O)c2sc3nc(-c4ccc5c(c4)OCO5)ccc3c2N)ccc1Br. The van der Waals surface area contributed by atoms with E-state index in [0.717, 1.165) is 32.4 Å². The average Bonchev–Trinajstić information content (AvgIpc) is 3.34. The summed E-state index contributed by atoms with van der Waals surface area (Å²) in [7, 11) is 0. The van der Waals surface area contributed by atoms with Crippen LogP contribution in [0.3, 0.4) is 0 Å². The van der Waals surface area contributed by atoms with Crippen LogP contribution in [0.4, 0.5) is 11.4 Å². The van der Waals surface area contributed by atoms with Crippen LogP contribution >= 0.6 is 27.3 Å². The minimum atomic E-state index is -0.248. The first-order valence-electron chi connectivity index (χ1n) is 9.16. The number of ether oxygens (including phenoxy) is 2. The lowest BCUT2D eigenvalue weighted by atomic mass is 10.1. The van der Waals surface area contributed by atoms with Crippen molar-refractivity contribution in [1.82, 2.24) is 4.98 Å². The molecule has 150 valence electrons. The second-order valence-electron chi connectivity index (χ2n) is 6.88. The second-order valence-corrected chi connectivity index (χ2v) is 8.73. The summed E-state index contributed by atoms with van der Waals surface area (Å²) in [5.74, 6) is 1.18. The molecule has 0 aliphatic carbocycles. The van der Waals surface area contributed by atoms with Crippen molar-refractivity contribution in [2.24, 2.45) is 0 Å². The number of fused-ring (bicyclic) bond motifs is 2. The van der Waals surface area contributed by atoms with Crippen LogP contribution in [0.25, 0.3) is 21.5 Å². The largest absolute Gasteiger partial charge is 0.454 e. The standard InChI is InChI=1S/C22H16BrN3O3S/c1-11-8-13(3-5-15(11)23)25-21(27)20-19(24)14-4-6-16(26-22(14)30-20)12-2-7-17-18(9-12)29-10-28-17/h2-9H,10,24H2,1H3,(H,25,27). The average molecular weight is 482 g/mol. The fourth-order valence-electron chi connectivity index (χ4n) is 3.29. The number of benzene rings is 2. The molecule has 0 saturated heterocycles. The van der Waals surface area contributed by atoms with Gasteiger partial charge < -0.3 is 20.5 Å². The van der Waals surface area contributed by atoms with E-state index in [-0.39, 0.29) is 12.7 Å². The zero-order chi connectivity index (χ0) is 20.8. The lowest BCUT2D eigenvalue weighted by Gasteiger charge is -2.06. The molecule has 0 unspecified atom stereocenters. The topological polar surface area (TPSA) is 86.5 Å². The number of carbonyl (C=O) groups excluding carboxylic acids is 1. The van der Waals surface area contributed by atoms with E-state index in [0.29, 0.717) is 26.8 Å². The quantitative estimate of drug-likeness (QED) is 0.397. The Morgan fingerprint density at radius 1 is 1.13 bits per heavy atom. The predicted molar refractivity (Wildman–Crippen MR) is 122 cm³/mol. The van der Waals surface area contributed by atoms with Crippen LogP contribution in [-0.4, -0.2) is 17.7 Å². The van der Waals surface area contributed by atoms with E-state index in [4.69, 9.17) is 20.2 Å². The minimum absolute atomic E-state index is 0.225. The predicted octanol–water partition coefficient (Wildman–Crippen LogP) is 5.60. The maximum atomic E-state index is 12.8. The van der Waals surface area contributed by atoms with Crippen LogP contribution in [-0.2, 0) is 0 Å². The highest BCUT2D eigenvalue weighted by Crippen LogP contribution is 2.38. The van der Waals surface area contributed by atoms with Crippen molar-refractivity contribution in [2.75, 3.05) is 17.8 Å². The number of nitrogens with zero attached hydrogens (tertiary/aromatic N) is 1. The summed E-state index contributed by atoms with van der Waals surface area (Å²) in [6, 6.07) is 15.1. The van der Waals surface area contributed by atoms with Gasteiger partial charge in [-0.2, -0.15) is 0 Å². The molecule has 1 aliphatic rings. The van der Waals surface area contributed by atoms with Crippen molar-refractivity contribution >= 4 is 54.8 Å². The van der Waals surface area contributed by atoms with E-state index in [1.807, 2.05) is 55.5 Å². The third-order valence-corrected chi connectivity index (χ3v) is 6.89. The smallest absolute Gasteiger partial charge is 0.267 e. The number of rotatable bonds is 3. The Hall–Kier alpha value is -3.10. The Morgan fingerprint density at radius 3 is 2.80 bits per heavy atom. The van der Waals surface area contributed by atoms with Crippen LogP contribution in [0.15, 0.2) is 53.0 Å². The molecule has 2 aromatic heterocycles. The van der Waals surface area contributed by atoms with Gasteiger partial charge in [0.15, 0.2) is 11.5 Å². The Balaban J connectivity index is 1.47. The van der Waals surface area contributed by atoms with Gasteiger partial charge in [0.1, 0.15) is 9.71 Å². The Labute approximate surface area is 184 Å². The number of hydrogen-bond acceptors (Lipinski definition) is 6. The van der Waals surface area contributed by atoms with Gasteiger partial charge in [0.25, 0.3) is 5.91 Å². The van der Waals surface area contributed by atoms with Gasteiger partial charge in [-0.1, -0.05) is 15.9 Å². The third kappa shape index (κ3) is 3.28. The number of aromatic nitrogens is 1. The van der Waals surface area contributed by atoms with E-state index in [9.17, 15) is 4.79 Å². The number of thiophene rings is 1. The molecular formula is C22H16BrN3O3S. The summed E-state index contributed by atoms with van der Waals surface area (Å²) in [6.07, 6.45) is 0. The van der Waals surface area contributed by atoms with Gasteiger partial charge in [0.05, 0.1) is 11.4 Å². The van der Waals surface area contributed by atoms with Crippen molar-refractivity contribution in [3.05, 3.63) is 63.4 Å². The molecule has 0 atom stereocenters. The Kier molecular flexibility index (Phi) is 4.60. The zero-order valence-corrected chi connectivity index (χ0v) is 18.3. The maximum absolute atomic E-state index is 12.8. The highest BCUT2D eigenvalue weighted by molar-refractivity contribution is 9.10. The fraction of sp³-hybridized carbons (Fsp3) is 0.0909. The minimum Gasteiger partial charge on any atom is -0.454 e. The first-order chi connectivity index (χ1) is 14.5. The molecule has 5 rings (SSSR count). The molecule has 2 aromatic carbocycles. The van der Waals surface area contributed by atoms with Gasteiger partial charge in [0.2, 0.25) is 6.79 Å². The Morgan fingerprint density at radius 2 is 1.97 bits per heavy atom. The number of hydrogen-bond donors (Lipinski definition) is 2. The van der Waals surface area contributed by atoms with E-state index >= 15 is 0 Å². The zero-order valence-electron chi connectivity index (χ0n) is 15.9. The summed E-state index contributed by atoms with van der Waals surface area (Å²) in [4.78, 5) is 18.7. The van der Waals surface area contributed by atoms with Crippen LogP contribution < -0.4 is 20.5 Å².